The van der Waals surface area contributed by atoms with Gasteiger partial charge in [-0.15, -0.1) is 0 Å². The number of carbonyl (C=O) groups excluding carboxylic acids is 1. The average molecular weight is 383 g/mol. The molecule has 0 saturated heterocycles. The quantitative estimate of drug-likeness (QED) is 0.778. The van der Waals surface area contributed by atoms with Gasteiger partial charge in [-0.25, -0.2) is 0 Å². The lowest BCUT2D eigenvalue weighted by Crippen LogP contribution is -2.60. The summed E-state index contributed by atoms with van der Waals surface area (Å²) in [6.45, 7) is 2.89. The Kier molecular flexibility index (Phi) is 4.29. The summed E-state index contributed by atoms with van der Waals surface area (Å²) in [6.07, 6.45) is 13.5. The van der Waals surface area contributed by atoms with Crippen LogP contribution in [-0.4, -0.2) is 30.6 Å². The Balaban J connectivity index is 1.44. The lowest BCUT2D eigenvalue weighted by atomic mass is 9.53. The van der Waals surface area contributed by atoms with Gasteiger partial charge in [0.2, 0.25) is 5.78 Å². The number of aryl methyl sites for hydroxylation is 1. The van der Waals surface area contributed by atoms with E-state index in [4.69, 9.17) is 0 Å². The molecule has 2 aromatic heterocycles. The number of nitrogens with zero attached hydrogens (tertiary/aromatic N) is 4. The van der Waals surface area contributed by atoms with Crippen LogP contribution in [0.25, 0.3) is 5.78 Å². The minimum atomic E-state index is -0.374. The van der Waals surface area contributed by atoms with Gasteiger partial charge in [-0.3, -0.25) is 9.59 Å². The topological polar surface area (TPSA) is 81.3 Å². The molecule has 7 nitrogen and oxygen atoms in total. The second kappa shape index (κ2) is 6.71. The van der Waals surface area contributed by atoms with E-state index in [-0.39, 0.29) is 22.6 Å². The first-order valence-corrected chi connectivity index (χ1v) is 10.8. The molecule has 0 unspecified atom stereocenters. The van der Waals surface area contributed by atoms with E-state index in [1.165, 1.54) is 30.1 Å². The molecular weight excluding hydrogens is 354 g/mol. The normalized spacial score (nSPS) is 30.8. The van der Waals surface area contributed by atoms with Gasteiger partial charge < -0.3 is 9.88 Å². The Labute approximate surface area is 164 Å². The second-order valence-electron chi connectivity index (χ2n) is 9.37. The zero-order valence-corrected chi connectivity index (χ0v) is 16.6. The lowest BCUT2D eigenvalue weighted by Gasteiger charge is -2.56. The third-order valence-corrected chi connectivity index (χ3v) is 7.16. The van der Waals surface area contributed by atoms with Crippen molar-refractivity contribution in [1.82, 2.24) is 24.5 Å². The molecule has 4 aliphatic rings. The molecule has 2 heterocycles. The van der Waals surface area contributed by atoms with Crippen molar-refractivity contribution >= 4 is 11.7 Å². The van der Waals surface area contributed by atoms with Crippen molar-refractivity contribution in [1.29, 1.82) is 0 Å². The Morgan fingerprint density at radius 2 is 1.86 bits per heavy atom. The summed E-state index contributed by atoms with van der Waals surface area (Å²) in [6, 6.07) is 0. The van der Waals surface area contributed by atoms with Crippen LogP contribution in [0.1, 0.15) is 75.1 Å². The highest BCUT2D eigenvalue weighted by Gasteiger charge is 2.51. The van der Waals surface area contributed by atoms with Gasteiger partial charge >= 0.3 is 0 Å². The molecule has 4 fully saturated rings. The zero-order valence-electron chi connectivity index (χ0n) is 16.6. The predicted octanol–water partition coefficient (Wildman–Crippen LogP) is 2.78. The van der Waals surface area contributed by atoms with E-state index >= 15 is 0 Å². The summed E-state index contributed by atoms with van der Waals surface area (Å²) in [5.74, 6) is 2.50. The minimum Gasteiger partial charge on any atom is -0.346 e. The number of fused-ring (bicyclic) bond motifs is 1. The molecule has 0 aliphatic heterocycles. The van der Waals surface area contributed by atoms with Crippen molar-refractivity contribution in [3.8, 4) is 0 Å². The van der Waals surface area contributed by atoms with Crippen LogP contribution >= 0.6 is 0 Å². The van der Waals surface area contributed by atoms with Gasteiger partial charge in [-0.2, -0.15) is 14.6 Å². The fourth-order valence-corrected chi connectivity index (χ4v) is 6.38. The van der Waals surface area contributed by atoms with Crippen molar-refractivity contribution in [3.05, 3.63) is 28.4 Å². The lowest BCUT2D eigenvalue weighted by molar-refractivity contribution is -0.0167. The van der Waals surface area contributed by atoms with Gasteiger partial charge in [0.15, 0.2) is 0 Å². The molecule has 4 saturated carbocycles. The molecule has 4 aliphatic carbocycles. The summed E-state index contributed by atoms with van der Waals surface area (Å²) < 4.78 is 3.17. The van der Waals surface area contributed by atoms with Gasteiger partial charge in [0.25, 0.3) is 11.5 Å². The van der Waals surface area contributed by atoms with Crippen LogP contribution in [0.2, 0.25) is 0 Å². The molecule has 1 amide bonds. The summed E-state index contributed by atoms with van der Waals surface area (Å²) >= 11 is 0. The van der Waals surface area contributed by atoms with Gasteiger partial charge in [0.1, 0.15) is 11.9 Å². The molecular formula is C21H29N5O2. The Morgan fingerprint density at radius 3 is 2.50 bits per heavy atom. The highest BCUT2D eigenvalue weighted by atomic mass is 16.2. The zero-order chi connectivity index (χ0) is 19.3. The summed E-state index contributed by atoms with van der Waals surface area (Å²) in [7, 11) is 0. The largest absolute Gasteiger partial charge is 0.346 e. The monoisotopic (exact) mass is 383 g/mol. The molecule has 150 valence electrons. The van der Waals surface area contributed by atoms with Crippen LogP contribution in [0.15, 0.2) is 17.3 Å². The van der Waals surface area contributed by atoms with E-state index < -0.39 is 0 Å². The van der Waals surface area contributed by atoms with E-state index in [1.807, 2.05) is 4.57 Å². The molecule has 6 rings (SSSR count). The number of hydrogen-bond donors (Lipinski definition) is 1. The molecule has 0 spiro atoms. The van der Waals surface area contributed by atoms with Crippen LogP contribution in [0.3, 0.4) is 0 Å². The van der Waals surface area contributed by atoms with Crippen molar-refractivity contribution in [2.45, 2.75) is 76.8 Å². The molecule has 2 aromatic rings. The van der Waals surface area contributed by atoms with E-state index in [0.717, 1.165) is 62.8 Å². The van der Waals surface area contributed by atoms with Gasteiger partial charge in [-0.1, -0.05) is 19.8 Å². The summed E-state index contributed by atoms with van der Waals surface area (Å²) in [5.41, 5.74) is -0.297. The minimum absolute atomic E-state index is 0.108. The first-order valence-electron chi connectivity index (χ1n) is 10.8. The second-order valence-corrected chi connectivity index (χ2v) is 9.37. The number of amides is 1. The van der Waals surface area contributed by atoms with Crippen molar-refractivity contribution < 1.29 is 4.79 Å². The summed E-state index contributed by atoms with van der Waals surface area (Å²) in [4.78, 5) is 30.3. The molecule has 0 atom stereocenters. The number of rotatable bonds is 6. The van der Waals surface area contributed by atoms with Crippen LogP contribution in [0, 0.1) is 17.8 Å². The Bertz CT molecular complexity index is 924. The molecule has 0 radical (unpaired) electrons. The number of carbonyl (C=O) groups is 1. The molecule has 28 heavy (non-hydrogen) atoms. The number of hydrogen-bond acceptors (Lipinski definition) is 4. The fourth-order valence-electron chi connectivity index (χ4n) is 6.38. The highest BCUT2D eigenvalue weighted by molar-refractivity contribution is 5.94. The maximum atomic E-state index is 13.2. The maximum Gasteiger partial charge on any atom is 0.288 e. The van der Waals surface area contributed by atoms with E-state index in [1.54, 1.807) is 6.20 Å². The smallest absolute Gasteiger partial charge is 0.288 e. The number of unbranched alkanes of at least 4 members (excludes halogenated alkanes) is 2. The number of nitrogens with one attached hydrogen (secondary N) is 1. The van der Waals surface area contributed by atoms with E-state index in [0.29, 0.717) is 5.78 Å². The molecule has 4 bridgehead atoms. The van der Waals surface area contributed by atoms with Crippen LogP contribution < -0.4 is 10.9 Å². The van der Waals surface area contributed by atoms with Crippen LogP contribution in [0.4, 0.5) is 0 Å². The standard InChI is InChI=1S/C21H29N5O2/c1-2-3-4-5-25-12-17(19(28)26-20(25)22-13-23-26)18(27)24-21-9-14-6-15(10-21)8-16(7-14)11-21/h12-16H,2-11H2,1H3,(H,24,27). The SMILES string of the molecule is CCCCCn1cc(C(=O)NC23CC4CC(CC(C4)C2)C3)c(=O)n2ncnc12. The van der Waals surface area contributed by atoms with Crippen molar-refractivity contribution in [2.24, 2.45) is 17.8 Å². The Morgan fingerprint density at radius 1 is 1.18 bits per heavy atom. The van der Waals surface area contributed by atoms with Crippen LogP contribution in [0.5, 0.6) is 0 Å². The third kappa shape index (κ3) is 2.95. The average Bonchev–Trinajstić information content (AvgIpc) is 3.12. The highest BCUT2D eigenvalue weighted by Crippen LogP contribution is 2.55. The van der Waals surface area contributed by atoms with Crippen molar-refractivity contribution in [2.75, 3.05) is 0 Å². The number of aromatic nitrogens is 4. The molecule has 7 heteroatoms. The van der Waals surface area contributed by atoms with Gasteiger partial charge in [0, 0.05) is 18.3 Å². The van der Waals surface area contributed by atoms with Gasteiger partial charge in [-0.05, 0) is 62.7 Å². The van der Waals surface area contributed by atoms with E-state index in [9.17, 15) is 9.59 Å². The fraction of sp³-hybridized carbons (Fsp3) is 0.714. The molecule has 0 aromatic carbocycles. The van der Waals surface area contributed by atoms with Gasteiger partial charge in [0.05, 0.1) is 0 Å². The first-order chi connectivity index (χ1) is 13.6. The van der Waals surface area contributed by atoms with Crippen LogP contribution in [-0.2, 0) is 6.54 Å². The third-order valence-electron chi connectivity index (χ3n) is 7.16. The first kappa shape index (κ1) is 17.9. The maximum absolute atomic E-state index is 13.2. The van der Waals surface area contributed by atoms with E-state index in [2.05, 4.69) is 22.3 Å². The summed E-state index contributed by atoms with van der Waals surface area (Å²) in [5, 5.41) is 7.39. The molecule has 1 N–H and O–H groups in total. The predicted molar refractivity (Wildman–Crippen MR) is 105 cm³/mol. The van der Waals surface area contributed by atoms with Crippen molar-refractivity contribution in [3.63, 3.8) is 0 Å². The Hall–Kier alpha value is -2.18.